The van der Waals surface area contributed by atoms with Gasteiger partial charge in [-0.05, 0) is 55.7 Å². The molecular formula is C16H18O. The van der Waals surface area contributed by atoms with Crippen molar-refractivity contribution in [1.82, 2.24) is 0 Å². The van der Waals surface area contributed by atoms with Crippen LogP contribution in [0, 0.1) is 13.8 Å². The van der Waals surface area contributed by atoms with Crippen molar-refractivity contribution in [1.29, 1.82) is 0 Å². The summed E-state index contributed by atoms with van der Waals surface area (Å²) in [6, 6.07) is 14.4. The van der Waals surface area contributed by atoms with Crippen molar-refractivity contribution in [3.63, 3.8) is 0 Å². The lowest BCUT2D eigenvalue weighted by Crippen LogP contribution is -1.89. The molecule has 0 radical (unpaired) electrons. The highest BCUT2D eigenvalue weighted by atomic mass is 16.5. The molecule has 0 aliphatic rings. The normalized spacial score (nSPS) is 10.3. The molecule has 0 aliphatic carbocycles. The van der Waals surface area contributed by atoms with E-state index >= 15 is 0 Å². The number of benzene rings is 2. The minimum atomic E-state index is 0.888. The van der Waals surface area contributed by atoms with Gasteiger partial charge in [0.05, 0.1) is 0 Å². The maximum Gasteiger partial charge on any atom is 0.127 e. The first-order chi connectivity index (χ1) is 8.19. The number of hydrogen-bond acceptors (Lipinski definition) is 1. The summed E-state index contributed by atoms with van der Waals surface area (Å²) in [5, 5.41) is 0. The van der Waals surface area contributed by atoms with Gasteiger partial charge in [-0.1, -0.05) is 30.7 Å². The van der Waals surface area contributed by atoms with Crippen LogP contribution in [0.5, 0.6) is 11.5 Å². The summed E-state index contributed by atoms with van der Waals surface area (Å²) in [6.07, 6.45) is 1.07. The summed E-state index contributed by atoms with van der Waals surface area (Å²) >= 11 is 0. The molecule has 2 rings (SSSR count). The molecule has 88 valence electrons. The van der Waals surface area contributed by atoms with E-state index in [0.29, 0.717) is 0 Å². The lowest BCUT2D eigenvalue weighted by atomic mass is 10.1. The number of hydrogen-bond donors (Lipinski definition) is 0. The quantitative estimate of drug-likeness (QED) is 0.739. The van der Waals surface area contributed by atoms with Crippen LogP contribution in [0.15, 0.2) is 42.5 Å². The second-order valence-corrected chi connectivity index (χ2v) is 4.36. The first kappa shape index (κ1) is 11.7. The zero-order chi connectivity index (χ0) is 12.3. The van der Waals surface area contributed by atoms with E-state index in [1.165, 1.54) is 16.7 Å². The van der Waals surface area contributed by atoms with E-state index in [1.807, 2.05) is 18.2 Å². The summed E-state index contributed by atoms with van der Waals surface area (Å²) in [5.41, 5.74) is 3.91. The predicted octanol–water partition coefficient (Wildman–Crippen LogP) is 4.66. The Bertz CT molecular complexity index is 497. The van der Waals surface area contributed by atoms with Crippen molar-refractivity contribution in [2.45, 2.75) is 27.2 Å². The second kappa shape index (κ2) is 5.05. The summed E-state index contributed by atoms with van der Waals surface area (Å²) in [7, 11) is 0. The van der Waals surface area contributed by atoms with E-state index < -0.39 is 0 Å². The average molecular weight is 226 g/mol. The van der Waals surface area contributed by atoms with Crippen LogP contribution in [0.1, 0.15) is 23.6 Å². The van der Waals surface area contributed by atoms with Crippen LogP contribution >= 0.6 is 0 Å². The topological polar surface area (TPSA) is 9.23 Å². The molecule has 0 aromatic heterocycles. The molecule has 0 N–H and O–H groups in total. The Labute approximate surface area is 103 Å². The molecule has 0 unspecified atom stereocenters. The van der Waals surface area contributed by atoms with Gasteiger partial charge in [0, 0.05) is 0 Å². The highest BCUT2D eigenvalue weighted by Crippen LogP contribution is 2.24. The fourth-order valence-electron chi connectivity index (χ4n) is 1.87. The third kappa shape index (κ3) is 2.88. The summed E-state index contributed by atoms with van der Waals surface area (Å²) in [6.45, 7) is 6.37. The maximum absolute atomic E-state index is 5.81. The van der Waals surface area contributed by atoms with Crippen molar-refractivity contribution < 1.29 is 4.74 Å². The molecular weight excluding hydrogens is 208 g/mol. The van der Waals surface area contributed by atoms with Gasteiger partial charge in [-0.3, -0.25) is 0 Å². The molecule has 2 aromatic carbocycles. The second-order valence-electron chi connectivity index (χ2n) is 4.36. The van der Waals surface area contributed by atoms with Gasteiger partial charge in [-0.15, -0.1) is 0 Å². The van der Waals surface area contributed by atoms with Gasteiger partial charge >= 0.3 is 0 Å². The largest absolute Gasteiger partial charge is 0.457 e. The predicted molar refractivity (Wildman–Crippen MR) is 71.8 cm³/mol. The monoisotopic (exact) mass is 226 g/mol. The number of aryl methyl sites for hydroxylation is 3. The van der Waals surface area contributed by atoms with E-state index in [1.54, 1.807) is 0 Å². The van der Waals surface area contributed by atoms with Crippen molar-refractivity contribution in [3.8, 4) is 11.5 Å². The fourth-order valence-corrected chi connectivity index (χ4v) is 1.87. The Morgan fingerprint density at radius 1 is 0.882 bits per heavy atom. The van der Waals surface area contributed by atoms with Crippen LogP contribution in [-0.4, -0.2) is 0 Å². The van der Waals surface area contributed by atoms with Crippen LogP contribution < -0.4 is 4.74 Å². The van der Waals surface area contributed by atoms with Gasteiger partial charge < -0.3 is 4.74 Å². The zero-order valence-corrected chi connectivity index (χ0v) is 10.7. The Morgan fingerprint density at radius 3 is 2.12 bits per heavy atom. The zero-order valence-electron chi connectivity index (χ0n) is 10.7. The molecule has 17 heavy (non-hydrogen) atoms. The summed E-state index contributed by atoms with van der Waals surface area (Å²) in [4.78, 5) is 0. The van der Waals surface area contributed by atoms with Crippen LogP contribution in [0.25, 0.3) is 0 Å². The fraction of sp³-hybridized carbons (Fsp3) is 0.250. The standard InChI is InChI=1S/C16H18O/c1-4-14-7-10-16(11-13(14)3)17-15-8-5-12(2)6-9-15/h5-11H,4H2,1-3H3. The smallest absolute Gasteiger partial charge is 0.127 e. The van der Waals surface area contributed by atoms with Crippen molar-refractivity contribution in [2.75, 3.05) is 0 Å². The van der Waals surface area contributed by atoms with Crippen LogP contribution in [0.4, 0.5) is 0 Å². The van der Waals surface area contributed by atoms with E-state index in [9.17, 15) is 0 Å². The van der Waals surface area contributed by atoms with E-state index in [-0.39, 0.29) is 0 Å². The molecule has 0 bridgehead atoms. The number of rotatable bonds is 3. The summed E-state index contributed by atoms with van der Waals surface area (Å²) in [5.74, 6) is 1.79. The van der Waals surface area contributed by atoms with Gasteiger partial charge in [0.25, 0.3) is 0 Å². The highest BCUT2D eigenvalue weighted by Gasteiger charge is 2.00. The van der Waals surface area contributed by atoms with Crippen LogP contribution in [-0.2, 0) is 6.42 Å². The molecule has 0 aliphatic heterocycles. The molecule has 2 aromatic rings. The number of ether oxygens (including phenoxy) is 1. The van der Waals surface area contributed by atoms with Crippen LogP contribution in [0.2, 0.25) is 0 Å². The summed E-state index contributed by atoms with van der Waals surface area (Å²) < 4.78 is 5.81. The van der Waals surface area contributed by atoms with Crippen molar-refractivity contribution >= 4 is 0 Å². The Morgan fingerprint density at radius 2 is 1.53 bits per heavy atom. The molecule has 1 heteroatoms. The van der Waals surface area contributed by atoms with Gasteiger partial charge in [0.2, 0.25) is 0 Å². The molecule has 0 saturated heterocycles. The van der Waals surface area contributed by atoms with E-state index in [0.717, 1.165) is 17.9 Å². The Hall–Kier alpha value is -1.76. The van der Waals surface area contributed by atoms with Crippen molar-refractivity contribution in [2.24, 2.45) is 0 Å². The SMILES string of the molecule is CCc1ccc(Oc2ccc(C)cc2)cc1C. The maximum atomic E-state index is 5.81. The molecule has 0 amide bonds. The van der Waals surface area contributed by atoms with E-state index in [4.69, 9.17) is 4.74 Å². The molecule has 0 saturated carbocycles. The lowest BCUT2D eigenvalue weighted by Gasteiger charge is -2.09. The lowest BCUT2D eigenvalue weighted by molar-refractivity contribution is 0.482. The minimum absolute atomic E-state index is 0.888. The molecule has 0 fully saturated rings. The Kier molecular flexibility index (Phi) is 3.48. The van der Waals surface area contributed by atoms with Gasteiger partial charge in [-0.2, -0.15) is 0 Å². The third-order valence-electron chi connectivity index (χ3n) is 2.95. The third-order valence-corrected chi connectivity index (χ3v) is 2.95. The molecule has 0 spiro atoms. The van der Waals surface area contributed by atoms with Crippen LogP contribution in [0.3, 0.4) is 0 Å². The average Bonchev–Trinajstić information content (AvgIpc) is 2.32. The van der Waals surface area contributed by atoms with Gasteiger partial charge in [0.15, 0.2) is 0 Å². The first-order valence-corrected chi connectivity index (χ1v) is 6.03. The molecule has 0 heterocycles. The molecule has 0 atom stereocenters. The van der Waals surface area contributed by atoms with Gasteiger partial charge in [-0.25, -0.2) is 0 Å². The van der Waals surface area contributed by atoms with E-state index in [2.05, 4.69) is 45.0 Å². The minimum Gasteiger partial charge on any atom is -0.457 e. The van der Waals surface area contributed by atoms with Crippen molar-refractivity contribution in [3.05, 3.63) is 59.2 Å². The highest BCUT2D eigenvalue weighted by molar-refractivity contribution is 5.38. The Balaban J connectivity index is 2.19. The first-order valence-electron chi connectivity index (χ1n) is 6.03. The molecule has 1 nitrogen and oxygen atoms in total. The van der Waals surface area contributed by atoms with Gasteiger partial charge in [0.1, 0.15) is 11.5 Å².